The molecule has 1 aliphatic heterocycles. The molecule has 0 aliphatic carbocycles. The third kappa shape index (κ3) is 2.73. The lowest BCUT2D eigenvalue weighted by Crippen LogP contribution is -2.34. The van der Waals surface area contributed by atoms with Crippen molar-refractivity contribution in [2.24, 2.45) is 0 Å². The second kappa shape index (κ2) is 6.65. The predicted octanol–water partition coefficient (Wildman–Crippen LogP) is 3.77. The molecule has 3 aromatic rings. The molecule has 0 saturated carbocycles. The van der Waals surface area contributed by atoms with Gasteiger partial charge in [-0.3, -0.25) is 9.20 Å². The van der Waals surface area contributed by atoms with Crippen molar-refractivity contribution in [1.82, 2.24) is 14.3 Å². The normalized spacial score (nSPS) is 15.5. The van der Waals surface area contributed by atoms with Gasteiger partial charge in [-0.1, -0.05) is 23.9 Å². The molecule has 1 saturated heterocycles. The molecular formula is C20H20N4OS. The topological polar surface area (TPSA) is 61.4 Å². The van der Waals surface area contributed by atoms with Crippen LogP contribution in [-0.4, -0.2) is 38.5 Å². The number of pyridine rings is 1. The number of benzene rings is 1. The highest BCUT2D eigenvalue weighted by molar-refractivity contribution is 8.00. The Labute approximate surface area is 156 Å². The number of amides is 1. The van der Waals surface area contributed by atoms with Gasteiger partial charge in [-0.2, -0.15) is 5.26 Å². The maximum atomic E-state index is 12.7. The maximum Gasteiger partial charge on any atom is 0.235 e. The van der Waals surface area contributed by atoms with Crippen LogP contribution in [0.3, 0.4) is 0 Å². The second-order valence-electron chi connectivity index (χ2n) is 6.70. The number of likely N-dealkylation sites (tertiary alicyclic amines) is 1. The largest absolute Gasteiger partial charge is 0.342 e. The van der Waals surface area contributed by atoms with Crippen molar-refractivity contribution in [2.75, 3.05) is 13.1 Å². The zero-order chi connectivity index (χ0) is 18.3. The van der Waals surface area contributed by atoms with Crippen LogP contribution >= 0.6 is 11.8 Å². The van der Waals surface area contributed by atoms with Crippen molar-refractivity contribution in [3.05, 3.63) is 41.5 Å². The van der Waals surface area contributed by atoms with E-state index in [1.807, 2.05) is 53.5 Å². The summed E-state index contributed by atoms with van der Waals surface area (Å²) in [6.45, 7) is 5.61. The molecule has 0 N–H and O–H groups in total. The number of thioether (sulfide) groups is 1. The molecule has 2 aromatic heterocycles. The van der Waals surface area contributed by atoms with Gasteiger partial charge in [0.25, 0.3) is 0 Å². The zero-order valence-corrected chi connectivity index (χ0v) is 15.7. The Morgan fingerprint density at radius 1 is 1.31 bits per heavy atom. The lowest BCUT2D eigenvalue weighted by atomic mass is 10.2. The summed E-state index contributed by atoms with van der Waals surface area (Å²) in [5, 5.41) is 10.3. The highest BCUT2D eigenvalue weighted by Gasteiger charge is 2.25. The van der Waals surface area contributed by atoms with E-state index in [4.69, 9.17) is 0 Å². The van der Waals surface area contributed by atoms with Gasteiger partial charge in [0.1, 0.15) is 6.07 Å². The standard InChI is InChI=1S/C20H20N4OS/c1-13-11-18(26-14(2)20(25)23-9-5-6-10-23)24-17-8-4-3-7-16(17)22-19(24)15(13)12-21/h3-4,7-8,11,14H,5-6,9-10H2,1-2H3. The first-order valence-electron chi connectivity index (χ1n) is 8.86. The Morgan fingerprint density at radius 2 is 2.04 bits per heavy atom. The van der Waals surface area contributed by atoms with Crippen molar-refractivity contribution in [2.45, 2.75) is 37.0 Å². The van der Waals surface area contributed by atoms with Gasteiger partial charge >= 0.3 is 0 Å². The second-order valence-corrected chi connectivity index (χ2v) is 8.07. The molecule has 0 bridgehead atoms. The van der Waals surface area contributed by atoms with Crippen LogP contribution in [0.1, 0.15) is 30.9 Å². The highest BCUT2D eigenvalue weighted by Crippen LogP contribution is 2.32. The molecule has 6 heteroatoms. The average Bonchev–Trinajstić information content (AvgIpc) is 3.29. The van der Waals surface area contributed by atoms with Gasteiger partial charge in [0.2, 0.25) is 5.91 Å². The minimum absolute atomic E-state index is 0.176. The zero-order valence-electron chi connectivity index (χ0n) is 14.9. The quantitative estimate of drug-likeness (QED) is 0.664. The molecule has 26 heavy (non-hydrogen) atoms. The summed E-state index contributed by atoms with van der Waals surface area (Å²) in [6, 6.07) is 12.1. The summed E-state index contributed by atoms with van der Waals surface area (Å²) in [7, 11) is 0. The summed E-state index contributed by atoms with van der Waals surface area (Å²) < 4.78 is 2.01. The molecular weight excluding hydrogens is 344 g/mol. The molecule has 132 valence electrons. The minimum atomic E-state index is -0.176. The summed E-state index contributed by atoms with van der Waals surface area (Å²) in [5.41, 5.74) is 3.96. The van der Waals surface area contributed by atoms with E-state index in [0.29, 0.717) is 11.2 Å². The molecule has 1 aromatic carbocycles. The Balaban J connectivity index is 1.81. The number of carbonyl (C=O) groups excluding carboxylic acids is 1. The molecule has 4 rings (SSSR count). The van der Waals surface area contributed by atoms with E-state index in [1.165, 1.54) is 0 Å². The number of para-hydroxylation sites is 2. The number of nitrogens with zero attached hydrogens (tertiary/aromatic N) is 4. The fourth-order valence-electron chi connectivity index (χ4n) is 3.57. The lowest BCUT2D eigenvalue weighted by Gasteiger charge is -2.20. The molecule has 1 unspecified atom stereocenters. The third-order valence-electron chi connectivity index (χ3n) is 4.91. The van der Waals surface area contributed by atoms with Crippen molar-refractivity contribution in [3.8, 4) is 6.07 Å². The lowest BCUT2D eigenvalue weighted by molar-refractivity contribution is -0.129. The van der Waals surface area contributed by atoms with Gasteiger partial charge in [-0.15, -0.1) is 0 Å². The van der Waals surface area contributed by atoms with Gasteiger partial charge < -0.3 is 4.90 Å². The first kappa shape index (κ1) is 16.9. The number of carbonyl (C=O) groups is 1. The van der Waals surface area contributed by atoms with E-state index in [-0.39, 0.29) is 11.2 Å². The van der Waals surface area contributed by atoms with Crippen LogP contribution in [0.15, 0.2) is 35.4 Å². The number of fused-ring (bicyclic) bond motifs is 3. The number of aromatic nitrogens is 2. The van der Waals surface area contributed by atoms with E-state index < -0.39 is 0 Å². The molecule has 5 nitrogen and oxygen atoms in total. The molecule has 1 amide bonds. The molecule has 3 heterocycles. The van der Waals surface area contributed by atoms with E-state index in [1.54, 1.807) is 11.8 Å². The summed E-state index contributed by atoms with van der Waals surface area (Å²) >= 11 is 1.54. The SMILES string of the molecule is Cc1cc(SC(C)C(=O)N2CCCC2)n2c(nc3ccccc32)c1C#N. The molecule has 0 spiro atoms. The van der Waals surface area contributed by atoms with Gasteiger partial charge in [-0.25, -0.2) is 4.98 Å². The van der Waals surface area contributed by atoms with Crippen molar-refractivity contribution in [3.63, 3.8) is 0 Å². The van der Waals surface area contributed by atoms with Crippen LogP contribution in [-0.2, 0) is 4.79 Å². The van der Waals surface area contributed by atoms with E-state index in [0.717, 1.165) is 47.6 Å². The third-order valence-corrected chi connectivity index (χ3v) is 6.01. The van der Waals surface area contributed by atoms with Crippen molar-refractivity contribution < 1.29 is 4.79 Å². The van der Waals surface area contributed by atoms with Gasteiger partial charge in [0, 0.05) is 13.1 Å². The summed E-state index contributed by atoms with van der Waals surface area (Å²) in [5.74, 6) is 0.187. The Kier molecular flexibility index (Phi) is 4.33. The number of hydrogen-bond donors (Lipinski definition) is 0. The Hall–Kier alpha value is -2.52. The average molecular weight is 364 g/mol. The summed E-state index contributed by atoms with van der Waals surface area (Å²) in [6.07, 6.45) is 2.19. The Morgan fingerprint density at radius 3 is 2.77 bits per heavy atom. The number of aryl methyl sites for hydroxylation is 1. The van der Waals surface area contributed by atoms with E-state index in [9.17, 15) is 10.1 Å². The maximum absolute atomic E-state index is 12.7. The van der Waals surface area contributed by atoms with Crippen LogP contribution in [0, 0.1) is 18.3 Å². The van der Waals surface area contributed by atoms with Crippen molar-refractivity contribution in [1.29, 1.82) is 5.26 Å². The Bertz CT molecular complexity index is 1040. The van der Waals surface area contributed by atoms with Crippen LogP contribution in [0.25, 0.3) is 16.7 Å². The number of rotatable bonds is 3. The van der Waals surface area contributed by atoms with Crippen LogP contribution in [0.2, 0.25) is 0 Å². The van der Waals surface area contributed by atoms with Gasteiger partial charge in [0.15, 0.2) is 5.65 Å². The minimum Gasteiger partial charge on any atom is -0.342 e. The van der Waals surface area contributed by atoms with Gasteiger partial charge in [-0.05, 0) is 50.5 Å². The number of nitriles is 1. The fourth-order valence-corrected chi connectivity index (χ4v) is 4.71. The fraction of sp³-hybridized carbons (Fsp3) is 0.350. The first-order chi connectivity index (χ1) is 12.6. The molecule has 0 radical (unpaired) electrons. The molecule has 1 aliphatic rings. The summed E-state index contributed by atoms with van der Waals surface area (Å²) in [4.78, 5) is 19.3. The predicted molar refractivity (Wildman–Crippen MR) is 103 cm³/mol. The van der Waals surface area contributed by atoms with E-state index >= 15 is 0 Å². The molecule has 1 fully saturated rings. The smallest absolute Gasteiger partial charge is 0.235 e. The number of imidazole rings is 1. The highest BCUT2D eigenvalue weighted by atomic mass is 32.2. The van der Waals surface area contributed by atoms with Gasteiger partial charge in [0.05, 0.1) is 26.9 Å². The van der Waals surface area contributed by atoms with Crippen LogP contribution in [0.4, 0.5) is 0 Å². The first-order valence-corrected chi connectivity index (χ1v) is 9.74. The van der Waals surface area contributed by atoms with Crippen molar-refractivity contribution >= 4 is 34.3 Å². The number of hydrogen-bond acceptors (Lipinski definition) is 4. The molecule has 1 atom stereocenters. The van der Waals surface area contributed by atoms with Crippen LogP contribution < -0.4 is 0 Å². The van der Waals surface area contributed by atoms with E-state index in [2.05, 4.69) is 11.1 Å². The van der Waals surface area contributed by atoms with Crippen LogP contribution in [0.5, 0.6) is 0 Å². The monoisotopic (exact) mass is 364 g/mol.